The van der Waals surface area contributed by atoms with Crippen molar-refractivity contribution in [3.05, 3.63) is 126 Å². The lowest BCUT2D eigenvalue weighted by atomic mass is 9.90. The number of hydrogen-bond donors (Lipinski definition) is 2. The van der Waals surface area contributed by atoms with Crippen LogP contribution >= 0.6 is 0 Å². The Balaban J connectivity index is 1.11. The maximum atomic E-state index is 13.1. The standard InChI is InChI=1S/C32H32FN3O3S/c33-28-10-12-30(13-11-28)35-40(38,39)31-16-14-29(15-17-31)34-32(37)27-8-6-26(7-9-27)23-36-20-18-25(19-21-36)22-24-4-2-1-3-5-24/h1-17,25,35H,18-23H2,(H,34,37). The van der Waals surface area contributed by atoms with Crippen LogP contribution in [0.2, 0.25) is 0 Å². The number of nitrogens with one attached hydrogen (secondary N) is 2. The molecule has 5 rings (SSSR count). The van der Waals surface area contributed by atoms with E-state index in [0.717, 1.165) is 32.0 Å². The summed E-state index contributed by atoms with van der Waals surface area (Å²) in [5.41, 5.74) is 3.85. The predicted octanol–water partition coefficient (Wildman–Crippen LogP) is 6.33. The number of amides is 1. The normalized spacial score (nSPS) is 14.5. The zero-order chi connectivity index (χ0) is 28.0. The van der Waals surface area contributed by atoms with Crippen molar-refractivity contribution in [1.82, 2.24) is 4.90 Å². The van der Waals surface area contributed by atoms with Crippen LogP contribution in [-0.2, 0) is 23.0 Å². The van der Waals surface area contributed by atoms with Gasteiger partial charge in [0.1, 0.15) is 5.82 Å². The fraction of sp³-hybridized carbons (Fsp3) is 0.219. The van der Waals surface area contributed by atoms with Crippen LogP contribution in [0.4, 0.5) is 15.8 Å². The lowest BCUT2D eigenvalue weighted by Crippen LogP contribution is -2.33. The zero-order valence-corrected chi connectivity index (χ0v) is 22.9. The largest absolute Gasteiger partial charge is 0.322 e. The number of rotatable bonds is 9. The van der Waals surface area contributed by atoms with Gasteiger partial charge in [-0.25, -0.2) is 12.8 Å². The molecule has 0 atom stereocenters. The Bertz CT molecular complexity index is 1520. The molecule has 8 heteroatoms. The van der Waals surface area contributed by atoms with Crippen molar-refractivity contribution in [2.45, 2.75) is 30.7 Å². The third-order valence-corrected chi connectivity index (χ3v) is 8.61. The van der Waals surface area contributed by atoms with Crippen LogP contribution < -0.4 is 10.0 Å². The van der Waals surface area contributed by atoms with Crippen LogP contribution in [0, 0.1) is 11.7 Å². The molecular weight excluding hydrogens is 525 g/mol. The summed E-state index contributed by atoms with van der Waals surface area (Å²) in [5.74, 6) is 0.00538. The molecule has 1 fully saturated rings. The van der Waals surface area contributed by atoms with Crippen LogP contribution in [0.5, 0.6) is 0 Å². The van der Waals surface area contributed by atoms with Crippen molar-refractivity contribution in [2.24, 2.45) is 5.92 Å². The number of carbonyl (C=O) groups is 1. The summed E-state index contributed by atoms with van der Waals surface area (Å²) >= 11 is 0. The van der Waals surface area contributed by atoms with Crippen LogP contribution in [0.1, 0.15) is 34.3 Å². The number of benzene rings is 4. The molecule has 6 nitrogen and oxygen atoms in total. The van der Waals surface area contributed by atoms with Gasteiger partial charge in [-0.1, -0.05) is 42.5 Å². The fourth-order valence-electron chi connectivity index (χ4n) is 4.97. The molecule has 1 amide bonds. The van der Waals surface area contributed by atoms with Gasteiger partial charge < -0.3 is 5.32 Å². The van der Waals surface area contributed by atoms with Crippen molar-refractivity contribution in [3.8, 4) is 0 Å². The van der Waals surface area contributed by atoms with E-state index in [1.165, 1.54) is 72.5 Å². The molecule has 2 N–H and O–H groups in total. The van der Waals surface area contributed by atoms with Crippen LogP contribution in [-0.4, -0.2) is 32.3 Å². The third-order valence-electron chi connectivity index (χ3n) is 7.22. The Morgan fingerprint density at radius 2 is 1.40 bits per heavy atom. The Morgan fingerprint density at radius 3 is 2.05 bits per heavy atom. The van der Waals surface area contributed by atoms with E-state index in [1.54, 1.807) is 0 Å². The molecule has 1 saturated heterocycles. The molecule has 1 aliphatic heterocycles. The van der Waals surface area contributed by atoms with Gasteiger partial charge in [0.15, 0.2) is 0 Å². The summed E-state index contributed by atoms with van der Waals surface area (Å²) in [6.07, 6.45) is 3.53. The first-order chi connectivity index (χ1) is 19.3. The quantitative estimate of drug-likeness (QED) is 0.252. The monoisotopic (exact) mass is 557 g/mol. The highest BCUT2D eigenvalue weighted by Gasteiger charge is 2.20. The minimum Gasteiger partial charge on any atom is -0.322 e. The van der Waals surface area contributed by atoms with Crippen molar-refractivity contribution >= 4 is 27.3 Å². The van der Waals surface area contributed by atoms with Gasteiger partial charge in [0.25, 0.3) is 15.9 Å². The van der Waals surface area contributed by atoms with Crippen molar-refractivity contribution in [1.29, 1.82) is 0 Å². The predicted molar refractivity (Wildman–Crippen MR) is 156 cm³/mol. The molecular formula is C32H32FN3O3S. The second-order valence-electron chi connectivity index (χ2n) is 10.2. The van der Waals surface area contributed by atoms with E-state index in [2.05, 4.69) is 45.3 Å². The number of nitrogens with zero attached hydrogens (tertiary/aromatic N) is 1. The molecule has 4 aromatic carbocycles. The average molecular weight is 558 g/mol. The van der Waals surface area contributed by atoms with Crippen molar-refractivity contribution in [2.75, 3.05) is 23.1 Å². The number of hydrogen-bond acceptors (Lipinski definition) is 4. The second-order valence-corrected chi connectivity index (χ2v) is 11.9. The number of halogens is 1. The van der Waals surface area contributed by atoms with Gasteiger partial charge in [-0.05, 0) is 110 Å². The topological polar surface area (TPSA) is 78.5 Å². The molecule has 0 aromatic heterocycles. The summed E-state index contributed by atoms with van der Waals surface area (Å²) in [4.78, 5) is 15.3. The lowest BCUT2D eigenvalue weighted by Gasteiger charge is -2.32. The second kappa shape index (κ2) is 12.4. The molecule has 0 aliphatic carbocycles. The maximum absolute atomic E-state index is 13.1. The van der Waals surface area contributed by atoms with Gasteiger partial charge in [-0.3, -0.25) is 14.4 Å². The van der Waals surface area contributed by atoms with Gasteiger partial charge in [-0.15, -0.1) is 0 Å². The number of sulfonamides is 1. The van der Waals surface area contributed by atoms with E-state index in [1.807, 2.05) is 24.3 Å². The number of piperidine rings is 1. The van der Waals surface area contributed by atoms with E-state index in [-0.39, 0.29) is 16.5 Å². The molecule has 206 valence electrons. The van der Waals surface area contributed by atoms with Crippen LogP contribution in [0.15, 0.2) is 108 Å². The van der Waals surface area contributed by atoms with E-state index in [4.69, 9.17) is 0 Å². The minimum atomic E-state index is -3.85. The number of carbonyl (C=O) groups excluding carboxylic acids is 1. The van der Waals surface area contributed by atoms with Gasteiger partial charge in [-0.2, -0.15) is 0 Å². The van der Waals surface area contributed by atoms with Gasteiger partial charge in [0.05, 0.1) is 4.90 Å². The minimum absolute atomic E-state index is 0.0308. The SMILES string of the molecule is O=C(Nc1ccc(S(=O)(=O)Nc2ccc(F)cc2)cc1)c1ccc(CN2CCC(Cc3ccccc3)CC2)cc1. The van der Waals surface area contributed by atoms with Gasteiger partial charge in [0.2, 0.25) is 0 Å². The lowest BCUT2D eigenvalue weighted by molar-refractivity contribution is 0.102. The smallest absolute Gasteiger partial charge is 0.261 e. The third kappa shape index (κ3) is 7.34. The molecule has 0 spiro atoms. The molecule has 0 radical (unpaired) electrons. The first kappa shape index (κ1) is 27.6. The summed E-state index contributed by atoms with van der Waals surface area (Å²) in [6.45, 7) is 3.01. The highest BCUT2D eigenvalue weighted by Crippen LogP contribution is 2.23. The van der Waals surface area contributed by atoms with Crippen molar-refractivity contribution in [3.63, 3.8) is 0 Å². The van der Waals surface area contributed by atoms with Gasteiger partial charge in [0, 0.05) is 23.5 Å². The number of likely N-dealkylation sites (tertiary alicyclic amines) is 1. The summed E-state index contributed by atoms with van der Waals surface area (Å²) < 4.78 is 40.7. The van der Waals surface area contributed by atoms with Crippen LogP contribution in [0.3, 0.4) is 0 Å². The highest BCUT2D eigenvalue weighted by atomic mass is 32.2. The summed E-state index contributed by atoms with van der Waals surface area (Å²) in [7, 11) is -3.85. The maximum Gasteiger partial charge on any atom is 0.261 e. The molecule has 40 heavy (non-hydrogen) atoms. The Labute approximate surface area is 234 Å². The number of anilines is 2. The van der Waals surface area contributed by atoms with Crippen molar-refractivity contribution < 1.29 is 17.6 Å². The summed E-state index contributed by atoms with van der Waals surface area (Å²) in [6, 6.07) is 29.2. The zero-order valence-electron chi connectivity index (χ0n) is 22.1. The van der Waals surface area contributed by atoms with E-state index in [9.17, 15) is 17.6 Å². The van der Waals surface area contributed by atoms with Crippen LogP contribution in [0.25, 0.3) is 0 Å². The molecule has 1 aliphatic rings. The van der Waals surface area contributed by atoms with E-state index in [0.29, 0.717) is 11.3 Å². The molecule has 1 heterocycles. The summed E-state index contributed by atoms with van der Waals surface area (Å²) in [5, 5.41) is 2.81. The molecule has 0 saturated carbocycles. The van der Waals surface area contributed by atoms with Gasteiger partial charge >= 0.3 is 0 Å². The first-order valence-corrected chi connectivity index (χ1v) is 14.9. The first-order valence-electron chi connectivity index (χ1n) is 13.4. The molecule has 4 aromatic rings. The van der Waals surface area contributed by atoms with E-state index >= 15 is 0 Å². The Hall–Kier alpha value is -4.01. The molecule has 0 bridgehead atoms. The fourth-order valence-corrected chi connectivity index (χ4v) is 6.03. The highest BCUT2D eigenvalue weighted by molar-refractivity contribution is 7.92. The van der Waals surface area contributed by atoms with E-state index < -0.39 is 15.8 Å². The molecule has 0 unspecified atom stereocenters. The Kier molecular flexibility index (Phi) is 8.57. The average Bonchev–Trinajstić information content (AvgIpc) is 2.96. The Morgan fingerprint density at radius 1 is 0.775 bits per heavy atom.